The summed E-state index contributed by atoms with van der Waals surface area (Å²) in [6.07, 6.45) is -12.9. The number of aliphatic hydroxyl groups is 2. The quantitative estimate of drug-likeness (QED) is 0.0439. The standard InChI is InChI=1S/C74H80O14S/c1-52-61(49-77-42-53-26-10-2-11-27-53)85-73(64(75)66(52)79-44-55-30-14-4-15-31-55)88-70-68(81-46-57-34-18-6-19-35-57)63(87-74(89-60-40-24-9-25-41-60)71(70)83-48-59-38-22-8-23-39-59)51-84-72-65(76)69(82-47-58-36-20-7-21-37-58)67(80-45-56-32-16-5-17-33-56)62(86-72)50-78-43-54-28-12-3-13-29-54/h2-41,52,61-76H,42-51H2,1H3/t52-,61?,62?,63?,64?,65?,66+,67-,68+,69-,70+,71?,72+,73-,74-/m1/s1. The van der Waals surface area contributed by atoms with E-state index in [2.05, 4.69) is 0 Å². The van der Waals surface area contributed by atoms with Crippen molar-refractivity contribution >= 4 is 11.8 Å². The van der Waals surface area contributed by atoms with E-state index in [-0.39, 0.29) is 58.8 Å². The van der Waals surface area contributed by atoms with Crippen LogP contribution in [-0.2, 0) is 103 Å². The third-order valence-corrected chi connectivity index (χ3v) is 17.3. The Bertz CT molecular complexity index is 3220. The van der Waals surface area contributed by atoms with Crippen LogP contribution < -0.4 is 0 Å². The summed E-state index contributed by atoms with van der Waals surface area (Å²) in [6, 6.07) is 79.2. The molecule has 0 saturated carbocycles. The highest BCUT2D eigenvalue weighted by Crippen LogP contribution is 2.41. The number of benzene rings is 8. The Morgan fingerprint density at radius 2 is 0.640 bits per heavy atom. The molecule has 3 saturated heterocycles. The van der Waals surface area contributed by atoms with Gasteiger partial charge in [-0.3, -0.25) is 0 Å². The zero-order valence-electron chi connectivity index (χ0n) is 50.0. The van der Waals surface area contributed by atoms with E-state index in [9.17, 15) is 10.2 Å². The van der Waals surface area contributed by atoms with Crippen molar-refractivity contribution < 1.29 is 67.1 Å². The largest absolute Gasteiger partial charge is 0.385 e. The molecule has 14 nitrogen and oxygen atoms in total. The van der Waals surface area contributed by atoms with Crippen LogP contribution in [0.3, 0.4) is 0 Å². The Hall–Kier alpha value is -6.45. The number of ether oxygens (including phenoxy) is 12. The Morgan fingerprint density at radius 1 is 0.315 bits per heavy atom. The molecule has 3 aliphatic rings. The molecule has 0 aliphatic carbocycles. The predicted molar refractivity (Wildman–Crippen MR) is 338 cm³/mol. The molecular formula is C74H80O14S. The second-order valence-electron chi connectivity index (χ2n) is 22.6. The zero-order chi connectivity index (χ0) is 60.8. The molecule has 8 aromatic rings. The van der Waals surface area contributed by atoms with Crippen molar-refractivity contribution in [1.29, 1.82) is 0 Å². The van der Waals surface area contributed by atoms with Gasteiger partial charge in [-0.25, -0.2) is 0 Å². The SMILES string of the molecule is C[C@@H]1C(COCc2ccccc2)O[C@H](O[C@@H]2C(OCc3ccccc3)[C@@H](Sc3ccccc3)OC(CO[C@H]3OC(COCc4ccccc4)[C@@H](OCc4ccccc4)[C@H](OCc4ccccc4)C3O)[C@@H]2OCc2ccccc2)C(O)[C@H]1OCc1ccccc1. The van der Waals surface area contributed by atoms with E-state index in [1.807, 2.05) is 250 Å². The molecular weight excluding hydrogens is 1140 g/mol. The summed E-state index contributed by atoms with van der Waals surface area (Å²) >= 11 is 1.47. The van der Waals surface area contributed by atoms with Crippen LogP contribution in [0.2, 0.25) is 0 Å². The van der Waals surface area contributed by atoms with Crippen LogP contribution in [0, 0.1) is 5.92 Å². The van der Waals surface area contributed by atoms with Crippen LogP contribution >= 0.6 is 11.8 Å². The lowest BCUT2D eigenvalue weighted by molar-refractivity contribution is -0.350. The summed E-state index contributed by atoms with van der Waals surface area (Å²) in [4.78, 5) is 0.907. The van der Waals surface area contributed by atoms with E-state index in [0.29, 0.717) is 13.2 Å². The molecule has 3 fully saturated rings. The first-order valence-electron chi connectivity index (χ1n) is 30.7. The van der Waals surface area contributed by atoms with Crippen molar-refractivity contribution in [1.82, 2.24) is 0 Å². The van der Waals surface area contributed by atoms with Crippen LogP contribution in [0.25, 0.3) is 0 Å². The molecule has 3 aliphatic heterocycles. The molecule has 0 spiro atoms. The van der Waals surface area contributed by atoms with Gasteiger partial charge in [0.25, 0.3) is 0 Å². The summed E-state index contributed by atoms with van der Waals surface area (Å²) in [5.41, 5.74) is 5.84. The Balaban J connectivity index is 0.939. The fraction of sp³-hybridized carbons (Fsp3) is 0.351. The Kier molecular flexibility index (Phi) is 24.2. The summed E-state index contributed by atoms with van der Waals surface area (Å²) in [5, 5.41) is 25.5. The van der Waals surface area contributed by atoms with E-state index in [1.54, 1.807) is 0 Å². The Labute approximate surface area is 526 Å². The van der Waals surface area contributed by atoms with E-state index >= 15 is 0 Å². The van der Waals surface area contributed by atoms with Gasteiger partial charge in [-0.15, -0.1) is 0 Å². The van der Waals surface area contributed by atoms with Gasteiger partial charge in [-0.2, -0.15) is 0 Å². The van der Waals surface area contributed by atoms with Crippen molar-refractivity contribution in [2.24, 2.45) is 5.92 Å². The van der Waals surface area contributed by atoms with Crippen molar-refractivity contribution in [2.45, 2.75) is 143 Å². The lowest BCUT2D eigenvalue weighted by atomic mass is 9.90. The highest BCUT2D eigenvalue weighted by molar-refractivity contribution is 7.99. The summed E-state index contributed by atoms with van der Waals surface area (Å²) in [7, 11) is 0. The van der Waals surface area contributed by atoms with Crippen LogP contribution in [0.15, 0.2) is 248 Å². The topological polar surface area (TPSA) is 151 Å². The molecule has 8 aromatic carbocycles. The van der Waals surface area contributed by atoms with E-state index in [1.165, 1.54) is 11.8 Å². The normalized spacial score (nSPS) is 27.0. The van der Waals surface area contributed by atoms with Crippen molar-refractivity contribution in [2.75, 3.05) is 19.8 Å². The van der Waals surface area contributed by atoms with Crippen molar-refractivity contribution in [3.05, 3.63) is 282 Å². The lowest BCUT2D eigenvalue weighted by Gasteiger charge is -2.50. The molecule has 466 valence electrons. The summed E-state index contributed by atoms with van der Waals surface area (Å²) in [6.45, 7) is 3.70. The number of hydrogen-bond donors (Lipinski definition) is 2. The number of hydrogen-bond acceptors (Lipinski definition) is 15. The first kappa shape index (κ1) is 64.1. The van der Waals surface area contributed by atoms with Gasteiger partial charge in [0.2, 0.25) is 0 Å². The number of thioether (sulfide) groups is 1. The average Bonchev–Trinajstić information content (AvgIpc) is 2.71. The van der Waals surface area contributed by atoms with Crippen molar-refractivity contribution in [3.8, 4) is 0 Å². The minimum Gasteiger partial charge on any atom is -0.385 e. The molecule has 11 rings (SSSR count). The van der Waals surface area contributed by atoms with Crippen molar-refractivity contribution in [3.63, 3.8) is 0 Å². The maximum absolute atomic E-state index is 12.8. The van der Waals surface area contributed by atoms with Gasteiger partial charge >= 0.3 is 0 Å². The third kappa shape index (κ3) is 18.4. The third-order valence-electron chi connectivity index (χ3n) is 16.2. The maximum Gasteiger partial charge on any atom is 0.187 e. The predicted octanol–water partition coefficient (Wildman–Crippen LogP) is 12.1. The van der Waals surface area contributed by atoms with Gasteiger partial charge in [0.1, 0.15) is 60.4 Å². The van der Waals surface area contributed by atoms with Gasteiger partial charge in [-0.05, 0) is 51.1 Å². The summed E-state index contributed by atoms with van der Waals surface area (Å²) < 4.78 is 82.8. The van der Waals surface area contributed by atoms with Gasteiger partial charge in [-0.1, -0.05) is 249 Å². The lowest BCUT2D eigenvalue weighted by Crippen LogP contribution is -2.65. The van der Waals surface area contributed by atoms with Gasteiger partial charge in [0, 0.05) is 10.8 Å². The first-order valence-corrected chi connectivity index (χ1v) is 31.6. The highest BCUT2D eigenvalue weighted by atomic mass is 32.2. The molecule has 2 N–H and O–H groups in total. The fourth-order valence-corrected chi connectivity index (χ4v) is 12.5. The molecule has 15 atom stereocenters. The van der Waals surface area contributed by atoms with Crippen LogP contribution in [0.1, 0.15) is 45.9 Å². The molecule has 6 unspecified atom stereocenters. The Morgan fingerprint density at radius 3 is 1.08 bits per heavy atom. The second kappa shape index (κ2) is 33.6. The maximum atomic E-state index is 12.8. The van der Waals surface area contributed by atoms with Gasteiger partial charge in [0.05, 0.1) is 78.3 Å². The molecule has 0 radical (unpaired) electrons. The number of rotatable bonds is 30. The monoisotopic (exact) mass is 1220 g/mol. The first-order chi connectivity index (χ1) is 43.9. The average molecular weight is 1230 g/mol. The van der Waals surface area contributed by atoms with Crippen LogP contribution in [0.5, 0.6) is 0 Å². The molecule has 0 aromatic heterocycles. The smallest absolute Gasteiger partial charge is 0.187 e. The molecule has 0 amide bonds. The fourth-order valence-electron chi connectivity index (χ4n) is 11.4. The molecule has 0 bridgehead atoms. The van der Waals surface area contributed by atoms with E-state index in [4.69, 9.17) is 56.8 Å². The van der Waals surface area contributed by atoms with Crippen LogP contribution in [0.4, 0.5) is 0 Å². The number of aliphatic hydroxyl groups excluding tert-OH is 2. The second-order valence-corrected chi connectivity index (χ2v) is 23.8. The highest BCUT2D eigenvalue weighted by Gasteiger charge is 2.54. The zero-order valence-corrected chi connectivity index (χ0v) is 50.8. The minimum atomic E-state index is -1.37. The van der Waals surface area contributed by atoms with Crippen LogP contribution in [-0.4, -0.2) is 115 Å². The molecule has 15 heteroatoms. The van der Waals surface area contributed by atoms with Gasteiger partial charge in [0.15, 0.2) is 12.6 Å². The van der Waals surface area contributed by atoms with Gasteiger partial charge < -0.3 is 67.1 Å². The molecule has 3 heterocycles. The molecule has 89 heavy (non-hydrogen) atoms. The van der Waals surface area contributed by atoms with E-state index < -0.39 is 85.2 Å². The minimum absolute atomic E-state index is 0.0810. The summed E-state index contributed by atoms with van der Waals surface area (Å²) in [5.74, 6) is -0.338. The van der Waals surface area contributed by atoms with E-state index in [0.717, 1.165) is 43.8 Å².